The molecule has 0 saturated carbocycles. The molecule has 6 amide bonds. The number of aromatic amines is 1. The molecule has 380 valence electrons. The molecule has 3 aliphatic heterocycles. The van der Waals surface area contributed by atoms with E-state index in [0.29, 0.717) is 80.8 Å². The number of H-pyrrole nitrogens is 1. The molecule has 7 rings (SSSR count). The van der Waals surface area contributed by atoms with Crippen molar-refractivity contribution in [2.24, 2.45) is 11.8 Å². The molecule has 3 aliphatic rings. The number of rotatable bonds is 15. The van der Waals surface area contributed by atoms with Gasteiger partial charge in [0.25, 0.3) is 5.91 Å². The van der Waals surface area contributed by atoms with Crippen LogP contribution in [-0.2, 0) is 23.9 Å². The molecule has 0 spiro atoms. The number of ether oxygens (including phenoxy) is 3. The maximum atomic E-state index is 14.2. The Hall–Kier alpha value is -7.18. The van der Waals surface area contributed by atoms with Crippen LogP contribution in [0, 0.1) is 11.8 Å². The van der Waals surface area contributed by atoms with Crippen molar-refractivity contribution in [1.29, 1.82) is 0 Å². The summed E-state index contributed by atoms with van der Waals surface area (Å²) in [7, 11) is 2.53. The Morgan fingerprint density at radius 1 is 0.803 bits per heavy atom. The fourth-order valence-corrected chi connectivity index (χ4v) is 9.91. The van der Waals surface area contributed by atoms with Gasteiger partial charge >= 0.3 is 12.2 Å². The number of methoxy groups -OCH3 is 2. The molecule has 0 unspecified atom stereocenters. The van der Waals surface area contributed by atoms with Crippen LogP contribution in [0.25, 0.3) is 22.4 Å². The van der Waals surface area contributed by atoms with E-state index in [2.05, 4.69) is 35.8 Å². The molecule has 3 fully saturated rings. The van der Waals surface area contributed by atoms with Crippen LogP contribution in [0.3, 0.4) is 0 Å². The molecule has 3 saturated heterocycles. The Balaban J connectivity index is 0.960. The molecule has 5 heterocycles. The van der Waals surface area contributed by atoms with E-state index >= 15 is 0 Å². The quantitative estimate of drug-likeness (QED) is 0.0986. The zero-order valence-corrected chi connectivity index (χ0v) is 42.2. The summed E-state index contributed by atoms with van der Waals surface area (Å²) in [5.74, 6) is 0.709. The van der Waals surface area contributed by atoms with Gasteiger partial charge in [0.2, 0.25) is 17.7 Å². The fraction of sp³-hybridized carbons (Fsp3) is 0.500. The van der Waals surface area contributed by atoms with Crippen molar-refractivity contribution in [3.63, 3.8) is 0 Å². The Morgan fingerprint density at radius 3 is 2.10 bits per heavy atom. The minimum atomic E-state index is -1.04. The summed E-state index contributed by atoms with van der Waals surface area (Å²) in [5, 5.41) is 8.33. The average Bonchev–Trinajstić information content (AvgIpc) is 4.15. The SMILES string of the molecule is CCOc1cc(NC(=O)c2ccc(N3CCN(C(=O)[C@]4(C)CCCN4C(=O)[C@@H](NC(=O)OC)C(C)C)C[C@H]3C)nc2)ccc1-c1ccc(-c2cnc([C@@H]3CCCN3C(=O)[C@@H](NC(=O)OC)C(C)C)[nH]2)cc1. The number of hydrogen-bond donors (Lipinski definition) is 4. The van der Waals surface area contributed by atoms with Crippen molar-refractivity contribution in [1.82, 2.24) is 40.3 Å². The molecule has 2 aromatic heterocycles. The number of carbonyl (C=O) groups is 6. The number of aromatic nitrogens is 3. The zero-order valence-electron chi connectivity index (χ0n) is 42.2. The largest absolute Gasteiger partial charge is 0.493 e. The normalized spacial score (nSPS) is 19.9. The molecule has 2 aromatic carbocycles. The van der Waals surface area contributed by atoms with E-state index in [1.807, 2.05) is 95.8 Å². The number of benzene rings is 2. The summed E-state index contributed by atoms with van der Waals surface area (Å²) in [6.45, 7) is 16.0. The van der Waals surface area contributed by atoms with Crippen molar-refractivity contribution in [2.45, 2.75) is 104 Å². The van der Waals surface area contributed by atoms with E-state index < -0.39 is 29.8 Å². The van der Waals surface area contributed by atoms with Crippen LogP contribution < -0.4 is 25.6 Å². The van der Waals surface area contributed by atoms with Crippen LogP contribution in [0.2, 0.25) is 0 Å². The Kier molecular flexibility index (Phi) is 16.2. The van der Waals surface area contributed by atoms with E-state index in [1.165, 1.54) is 14.2 Å². The lowest BCUT2D eigenvalue weighted by atomic mass is 9.93. The van der Waals surface area contributed by atoms with Crippen LogP contribution in [0.4, 0.5) is 21.1 Å². The van der Waals surface area contributed by atoms with Crippen molar-refractivity contribution in [2.75, 3.05) is 63.8 Å². The number of nitrogens with one attached hydrogen (secondary N) is 4. The molecule has 0 aliphatic carbocycles. The van der Waals surface area contributed by atoms with Crippen LogP contribution in [0.15, 0.2) is 67.0 Å². The summed E-state index contributed by atoms with van der Waals surface area (Å²) in [4.78, 5) is 99.3. The van der Waals surface area contributed by atoms with Gasteiger partial charge in [0.15, 0.2) is 0 Å². The maximum absolute atomic E-state index is 14.2. The van der Waals surface area contributed by atoms with Gasteiger partial charge in [-0.05, 0) is 93.7 Å². The standard InChI is InChI=1S/C52H68N10O9/c1-10-71-41-27-37(19-20-38(41)34-14-16-35(17-15-34)39-29-54-45(56-39)40-13-11-23-61(40)47(64)43(31(2)3)57-50(67)69-8)55-46(63)36-18-21-42(53-28-36)60-26-25-59(30-33(60)6)49(66)52(7)22-12-24-62(52)48(65)44(32(4)5)58-51(68)70-9/h14-21,27-29,31-33,40,43-44H,10-13,22-26,30H2,1-9H3,(H,54,56)(H,55,63)(H,57,67)(H,58,68)/t33-,40+,43+,44+,52+/m1/s1. The second kappa shape index (κ2) is 22.3. The lowest BCUT2D eigenvalue weighted by molar-refractivity contribution is -0.152. The van der Waals surface area contributed by atoms with Gasteiger partial charge in [-0.3, -0.25) is 19.2 Å². The molecular weight excluding hydrogens is 909 g/mol. The van der Waals surface area contributed by atoms with E-state index in [9.17, 15) is 28.8 Å². The van der Waals surface area contributed by atoms with Gasteiger partial charge in [0.1, 0.15) is 35.0 Å². The van der Waals surface area contributed by atoms with Gasteiger partial charge in [0, 0.05) is 62.3 Å². The third-order valence-corrected chi connectivity index (χ3v) is 13.9. The van der Waals surface area contributed by atoms with Crippen LogP contribution in [0.1, 0.15) is 96.4 Å². The molecule has 19 nitrogen and oxygen atoms in total. The number of nitrogens with zero attached hydrogens (tertiary/aromatic N) is 6. The number of alkyl carbamates (subject to hydrolysis) is 2. The van der Waals surface area contributed by atoms with Gasteiger partial charge in [0.05, 0.1) is 44.3 Å². The maximum Gasteiger partial charge on any atom is 0.407 e. The summed E-state index contributed by atoms with van der Waals surface area (Å²) >= 11 is 0. The second-order valence-electron chi connectivity index (χ2n) is 19.3. The minimum Gasteiger partial charge on any atom is -0.493 e. The summed E-state index contributed by atoms with van der Waals surface area (Å²) in [6.07, 6.45) is 4.74. The predicted octanol–water partition coefficient (Wildman–Crippen LogP) is 6.63. The number of likely N-dealkylation sites (tertiary alicyclic amines) is 2. The Morgan fingerprint density at radius 2 is 1.48 bits per heavy atom. The van der Waals surface area contributed by atoms with Gasteiger partial charge in [-0.25, -0.2) is 19.6 Å². The van der Waals surface area contributed by atoms with Gasteiger partial charge in [-0.2, -0.15) is 0 Å². The number of carbonyl (C=O) groups excluding carboxylic acids is 6. The highest BCUT2D eigenvalue weighted by Crippen LogP contribution is 2.37. The van der Waals surface area contributed by atoms with Crippen molar-refractivity contribution < 1.29 is 43.0 Å². The van der Waals surface area contributed by atoms with Crippen LogP contribution in [0.5, 0.6) is 5.75 Å². The highest BCUT2D eigenvalue weighted by atomic mass is 16.5. The molecule has 71 heavy (non-hydrogen) atoms. The van der Waals surface area contributed by atoms with E-state index in [0.717, 1.165) is 35.2 Å². The van der Waals surface area contributed by atoms with Crippen molar-refractivity contribution in [3.8, 4) is 28.1 Å². The minimum absolute atomic E-state index is 0.0991. The first-order valence-electron chi connectivity index (χ1n) is 24.5. The van der Waals surface area contributed by atoms with Crippen LogP contribution >= 0.6 is 0 Å². The third-order valence-electron chi connectivity index (χ3n) is 13.9. The van der Waals surface area contributed by atoms with Crippen molar-refractivity contribution in [3.05, 3.63) is 78.4 Å². The fourth-order valence-electron chi connectivity index (χ4n) is 9.91. The van der Waals surface area contributed by atoms with Gasteiger partial charge in [-0.1, -0.05) is 52.0 Å². The number of anilines is 2. The third kappa shape index (κ3) is 11.2. The summed E-state index contributed by atoms with van der Waals surface area (Å²) < 4.78 is 15.6. The molecular formula is C52H68N10O9. The highest BCUT2D eigenvalue weighted by molar-refractivity contribution is 6.04. The monoisotopic (exact) mass is 977 g/mol. The van der Waals surface area contributed by atoms with E-state index in [4.69, 9.17) is 14.2 Å². The smallest absolute Gasteiger partial charge is 0.407 e. The van der Waals surface area contributed by atoms with Gasteiger partial charge in [-0.15, -0.1) is 0 Å². The zero-order chi connectivity index (χ0) is 51.1. The topological polar surface area (TPSA) is 221 Å². The molecule has 0 radical (unpaired) electrons. The lowest BCUT2D eigenvalue weighted by Crippen LogP contribution is -2.64. The molecule has 0 bridgehead atoms. The Bertz CT molecular complexity index is 2570. The molecule has 19 heteroatoms. The van der Waals surface area contributed by atoms with Crippen LogP contribution in [-0.4, -0.2) is 143 Å². The first kappa shape index (κ1) is 51.7. The number of piperazine rings is 1. The van der Waals surface area contributed by atoms with Crippen molar-refractivity contribution >= 4 is 47.3 Å². The average molecular weight is 977 g/mol. The summed E-state index contributed by atoms with van der Waals surface area (Å²) in [6, 6.07) is 15.2. The van der Waals surface area contributed by atoms with E-state index in [1.54, 1.807) is 34.3 Å². The van der Waals surface area contributed by atoms with E-state index in [-0.39, 0.29) is 47.5 Å². The lowest BCUT2D eigenvalue weighted by Gasteiger charge is -2.45. The predicted molar refractivity (Wildman–Crippen MR) is 268 cm³/mol. The molecule has 5 atom stereocenters. The summed E-state index contributed by atoms with van der Waals surface area (Å²) in [5.41, 5.74) is 3.35. The molecule has 4 aromatic rings. The number of imidazole rings is 1. The van der Waals surface area contributed by atoms with Gasteiger partial charge < -0.3 is 54.7 Å². The Labute approximate surface area is 415 Å². The highest BCUT2D eigenvalue weighted by Gasteiger charge is 2.50. The number of amides is 6. The second-order valence-corrected chi connectivity index (χ2v) is 19.3. The first-order chi connectivity index (χ1) is 34.0. The first-order valence-corrected chi connectivity index (χ1v) is 24.5. The number of hydrogen-bond acceptors (Lipinski definition) is 12. The molecule has 4 N–H and O–H groups in total. The number of pyridine rings is 1.